The summed E-state index contributed by atoms with van der Waals surface area (Å²) in [4.78, 5) is 27.0. The van der Waals surface area contributed by atoms with Gasteiger partial charge in [-0.3, -0.25) is 9.59 Å². The van der Waals surface area contributed by atoms with E-state index < -0.39 is 16.1 Å². The molecule has 2 aromatic carbocycles. The van der Waals surface area contributed by atoms with Gasteiger partial charge in [-0.25, -0.2) is 8.42 Å². The van der Waals surface area contributed by atoms with Gasteiger partial charge in [0, 0.05) is 31.9 Å². The second-order valence-electron chi connectivity index (χ2n) is 8.14. The molecule has 8 heteroatoms. The molecule has 1 heterocycles. The molecule has 7 nitrogen and oxygen atoms in total. The van der Waals surface area contributed by atoms with E-state index in [0.717, 1.165) is 22.3 Å². The summed E-state index contributed by atoms with van der Waals surface area (Å²) in [5.74, 6) is -0.450. The van der Waals surface area contributed by atoms with E-state index in [1.54, 1.807) is 31.0 Å². The number of hydrogen-bond donors (Lipinski definition) is 1. The summed E-state index contributed by atoms with van der Waals surface area (Å²) < 4.78 is 27.4. The highest BCUT2D eigenvalue weighted by Gasteiger charge is 2.29. The van der Waals surface area contributed by atoms with Crippen LogP contribution in [0.1, 0.15) is 55.5 Å². The van der Waals surface area contributed by atoms with Crippen molar-refractivity contribution in [2.24, 2.45) is 0 Å². The number of fused-ring (bicyclic) bond motifs is 1. The third kappa shape index (κ3) is 5.02. The molecule has 1 aliphatic rings. The molecule has 0 radical (unpaired) electrons. The Bertz CT molecular complexity index is 1200. The highest BCUT2D eigenvalue weighted by Crippen LogP contribution is 2.33. The lowest BCUT2D eigenvalue weighted by Crippen LogP contribution is -2.33. The first kappa shape index (κ1) is 24.7. The Balaban J connectivity index is 1.91. The molecule has 33 heavy (non-hydrogen) atoms. The molecule has 2 amide bonds. The van der Waals surface area contributed by atoms with Gasteiger partial charge < -0.3 is 10.2 Å². The summed E-state index contributed by atoms with van der Waals surface area (Å²) in [7, 11) is -3.67. The zero-order valence-corrected chi connectivity index (χ0v) is 20.6. The molecule has 0 bridgehead atoms. The number of aryl methyl sites for hydroxylation is 1. The highest BCUT2D eigenvalue weighted by atomic mass is 32.2. The van der Waals surface area contributed by atoms with Crippen molar-refractivity contribution in [1.29, 1.82) is 0 Å². The van der Waals surface area contributed by atoms with E-state index in [1.807, 2.05) is 44.2 Å². The molecule has 1 N–H and O–H groups in total. The SMILES string of the molecule is CCN(CC)S(=O)(=O)c1cc(C)c(C)c(NC(=O)CC2c3ccccc3C=CN2C(C)=O)c1. The Kier molecular flexibility index (Phi) is 7.39. The Morgan fingerprint density at radius 1 is 1.09 bits per heavy atom. The smallest absolute Gasteiger partial charge is 0.243 e. The molecular weight excluding hydrogens is 438 g/mol. The quantitative estimate of drug-likeness (QED) is 0.657. The molecule has 1 atom stereocenters. The van der Waals surface area contributed by atoms with Crippen LogP contribution in [-0.2, 0) is 19.6 Å². The van der Waals surface area contributed by atoms with E-state index in [-0.39, 0.29) is 23.1 Å². The van der Waals surface area contributed by atoms with E-state index in [1.165, 1.54) is 17.3 Å². The van der Waals surface area contributed by atoms with Gasteiger partial charge in [-0.05, 0) is 54.3 Å². The number of carbonyl (C=O) groups excluding carboxylic acids is 2. The van der Waals surface area contributed by atoms with Gasteiger partial charge in [-0.2, -0.15) is 4.31 Å². The van der Waals surface area contributed by atoms with Gasteiger partial charge in [0.2, 0.25) is 21.8 Å². The molecule has 3 rings (SSSR count). The molecule has 0 aliphatic carbocycles. The number of hydrogen-bond acceptors (Lipinski definition) is 4. The van der Waals surface area contributed by atoms with E-state index in [2.05, 4.69) is 5.32 Å². The minimum absolute atomic E-state index is 0.0481. The summed E-state index contributed by atoms with van der Waals surface area (Å²) in [5, 5.41) is 2.89. The van der Waals surface area contributed by atoms with Crippen molar-refractivity contribution in [1.82, 2.24) is 9.21 Å². The van der Waals surface area contributed by atoms with Crippen molar-refractivity contribution in [3.05, 3.63) is 64.9 Å². The molecule has 0 aromatic heterocycles. The summed E-state index contributed by atoms with van der Waals surface area (Å²) in [6.45, 7) is 9.46. The van der Waals surface area contributed by atoms with Crippen LogP contribution < -0.4 is 5.32 Å². The van der Waals surface area contributed by atoms with Crippen LogP contribution in [0.15, 0.2) is 47.5 Å². The lowest BCUT2D eigenvalue weighted by atomic mass is 9.93. The number of anilines is 1. The van der Waals surface area contributed by atoms with E-state index in [4.69, 9.17) is 0 Å². The van der Waals surface area contributed by atoms with E-state index >= 15 is 0 Å². The molecule has 0 saturated carbocycles. The van der Waals surface area contributed by atoms with Crippen molar-refractivity contribution in [3.8, 4) is 0 Å². The van der Waals surface area contributed by atoms with Crippen LogP contribution in [0, 0.1) is 13.8 Å². The monoisotopic (exact) mass is 469 g/mol. The van der Waals surface area contributed by atoms with Gasteiger partial charge in [-0.15, -0.1) is 0 Å². The second-order valence-corrected chi connectivity index (χ2v) is 10.1. The van der Waals surface area contributed by atoms with Crippen molar-refractivity contribution in [2.45, 2.75) is 52.0 Å². The predicted octanol–water partition coefficient (Wildman–Crippen LogP) is 4.24. The lowest BCUT2D eigenvalue weighted by molar-refractivity contribution is -0.129. The number of carbonyl (C=O) groups is 2. The first-order chi connectivity index (χ1) is 15.6. The Morgan fingerprint density at radius 3 is 2.39 bits per heavy atom. The standard InChI is InChI=1S/C25H31N3O4S/c1-6-27(7-2)33(31,32)21-14-17(3)18(4)23(15-21)26-25(30)16-24-22-11-9-8-10-20(22)12-13-28(24)19(5)29/h8-15,24H,6-7,16H2,1-5H3,(H,26,30). The predicted molar refractivity (Wildman–Crippen MR) is 130 cm³/mol. The number of nitrogens with one attached hydrogen (secondary N) is 1. The minimum atomic E-state index is -3.67. The third-order valence-electron chi connectivity index (χ3n) is 6.11. The molecule has 0 fully saturated rings. The minimum Gasteiger partial charge on any atom is -0.326 e. The van der Waals surface area contributed by atoms with Crippen molar-refractivity contribution < 1.29 is 18.0 Å². The van der Waals surface area contributed by atoms with Gasteiger partial charge in [0.1, 0.15) is 0 Å². The van der Waals surface area contributed by atoms with Crippen LogP contribution in [0.25, 0.3) is 6.08 Å². The first-order valence-electron chi connectivity index (χ1n) is 11.1. The average molecular weight is 470 g/mol. The fourth-order valence-corrected chi connectivity index (χ4v) is 5.68. The highest BCUT2D eigenvalue weighted by molar-refractivity contribution is 7.89. The normalized spacial score (nSPS) is 15.5. The van der Waals surface area contributed by atoms with Gasteiger partial charge in [0.05, 0.1) is 17.4 Å². The van der Waals surface area contributed by atoms with Gasteiger partial charge in [0.25, 0.3) is 0 Å². The molecule has 176 valence electrons. The topological polar surface area (TPSA) is 86.8 Å². The van der Waals surface area contributed by atoms with Crippen LogP contribution >= 0.6 is 0 Å². The van der Waals surface area contributed by atoms with Gasteiger partial charge >= 0.3 is 0 Å². The fourth-order valence-electron chi connectivity index (χ4n) is 4.11. The molecule has 2 aromatic rings. The van der Waals surface area contributed by atoms with E-state index in [9.17, 15) is 18.0 Å². The van der Waals surface area contributed by atoms with Crippen LogP contribution in [0.2, 0.25) is 0 Å². The largest absolute Gasteiger partial charge is 0.326 e. The number of rotatable bonds is 7. The average Bonchev–Trinajstić information content (AvgIpc) is 2.77. The first-order valence-corrected chi connectivity index (χ1v) is 12.5. The second kappa shape index (κ2) is 9.89. The van der Waals surface area contributed by atoms with E-state index in [0.29, 0.717) is 18.8 Å². The Hall–Kier alpha value is -2.97. The van der Waals surface area contributed by atoms with Crippen LogP contribution in [0.3, 0.4) is 0 Å². The molecule has 1 unspecified atom stereocenters. The number of benzene rings is 2. The summed E-state index contributed by atoms with van der Waals surface area (Å²) in [5.41, 5.74) is 3.90. The summed E-state index contributed by atoms with van der Waals surface area (Å²) in [6, 6.07) is 10.4. The zero-order valence-electron chi connectivity index (χ0n) is 19.8. The van der Waals surface area contributed by atoms with Crippen LogP contribution in [0.4, 0.5) is 5.69 Å². The molecule has 0 spiro atoms. The number of amides is 2. The van der Waals surface area contributed by atoms with Gasteiger partial charge in [-0.1, -0.05) is 38.1 Å². The summed E-state index contributed by atoms with van der Waals surface area (Å²) in [6.07, 6.45) is 3.61. The Labute approximate surface area is 196 Å². The van der Waals surface area contributed by atoms with Crippen LogP contribution in [0.5, 0.6) is 0 Å². The molecule has 0 saturated heterocycles. The zero-order chi connectivity index (χ0) is 24.3. The van der Waals surface area contributed by atoms with Crippen molar-refractivity contribution in [2.75, 3.05) is 18.4 Å². The lowest BCUT2D eigenvalue weighted by Gasteiger charge is -2.32. The van der Waals surface area contributed by atoms with Gasteiger partial charge in [0.15, 0.2) is 0 Å². The maximum absolute atomic E-state index is 13.1. The molecular formula is C25H31N3O4S. The third-order valence-corrected chi connectivity index (χ3v) is 8.13. The summed E-state index contributed by atoms with van der Waals surface area (Å²) >= 11 is 0. The fraction of sp³-hybridized carbons (Fsp3) is 0.360. The number of nitrogens with zero attached hydrogens (tertiary/aromatic N) is 2. The Morgan fingerprint density at radius 2 is 1.76 bits per heavy atom. The van der Waals surface area contributed by atoms with Crippen molar-refractivity contribution in [3.63, 3.8) is 0 Å². The van der Waals surface area contributed by atoms with Crippen molar-refractivity contribution >= 4 is 33.6 Å². The maximum Gasteiger partial charge on any atom is 0.243 e. The molecule has 1 aliphatic heterocycles. The van der Waals surface area contributed by atoms with Crippen LogP contribution in [-0.4, -0.2) is 42.5 Å². The number of sulfonamides is 1. The maximum atomic E-state index is 13.1.